The van der Waals surface area contributed by atoms with Gasteiger partial charge in [-0.15, -0.1) is 0 Å². The van der Waals surface area contributed by atoms with Crippen LogP contribution in [-0.4, -0.2) is 44.8 Å². The lowest BCUT2D eigenvalue weighted by Gasteiger charge is -2.16. The van der Waals surface area contributed by atoms with Gasteiger partial charge in [-0.1, -0.05) is 0 Å². The van der Waals surface area contributed by atoms with Crippen LogP contribution < -0.4 is 0 Å². The molecule has 4 atom stereocenters. The summed E-state index contributed by atoms with van der Waals surface area (Å²) in [4.78, 5) is 0. The molecule has 0 aliphatic rings. The van der Waals surface area contributed by atoms with Crippen molar-refractivity contribution in [2.45, 2.75) is 57.5 Å². The largest absolute Gasteiger partial charge is 0.391 e. The molecule has 4 nitrogen and oxygen atoms in total. The highest BCUT2D eigenvalue weighted by atomic mass is 16.3. The maximum absolute atomic E-state index is 9.18. The highest BCUT2D eigenvalue weighted by molar-refractivity contribution is 4.66. The van der Waals surface area contributed by atoms with E-state index in [0.717, 1.165) is 0 Å². The topological polar surface area (TPSA) is 80.9 Å². The molecule has 0 saturated carbocycles. The molecule has 4 heteroatoms. The van der Waals surface area contributed by atoms with Gasteiger partial charge in [-0.25, -0.2) is 0 Å². The minimum absolute atomic E-state index is 0.446. The summed E-state index contributed by atoms with van der Waals surface area (Å²) in [6, 6.07) is 0. The Kier molecular flexibility index (Phi) is 6.24. The maximum atomic E-state index is 9.18. The van der Waals surface area contributed by atoms with Gasteiger partial charge in [0.25, 0.3) is 0 Å². The normalized spacial score (nSPS) is 20.8. The van der Waals surface area contributed by atoms with Gasteiger partial charge in [-0.2, -0.15) is 0 Å². The van der Waals surface area contributed by atoms with Crippen molar-refractivity contribution >= 4 is 0 Å². The first-order valence-corrected chi connectivity index (χ1v) is 4.67. The number of hydrogen-bond acceptors (Lipinski definition) is 4. The van der Waals surface area contributed by atoms with Crippen LogP contribution in [0.1, 0.15) is 33.1 Å². The molecule has 0 radical (unpaired) electrons. The zero-order valence-corrected chi connectivity index (χ0v) is 8.22. The third-order valence-corrected chi connectivity index (χ3v) is 2.11. The van der Waals surface area contributed by atoms with Crippen LogP contribution in [0.15, 0.2) is 0 Å². The van der Waals surface area contributed by atoms with E-state index < -0.39 is 24.4 Å². The molecule has 0 aromatic heterocycles. The molecule has 80 valence electrons. The summed E-state index contributed by atoms with van der Waals surface area (Å²) in [6.07, 6.45) is -1.45. The summed E-state index contributed by atoms with van der Waals surface area (Å²) in [6.45, 7) is 3.05. The number of rotatable bonds is 6. The van der Waals surface area contributed by atoms with Crippen LogP contribution in [0.2, 0.25) is 0 Å². The van der Waals surface area contributed by atoms with Gasteiger partial charge in [0, 0.05) is 0 Å². The first-order valence-electron chi connectivity index (χ1n) is 4.67. The van der Waals surface area contributed by atoms with E-state index in [1.807, 2.05) is 0 Å². The van der Waals surface area contributed by atoms with Crippen molar-refractivity contribution in [2.24, 2.45) is 0 Å². The molecule has 0 amide bonds. The predicted octanol–water partition coefficient (Wildman–Crippen LogP) is -0.360. The lowest BCUT2D eigenvalue weighted by molar-refractivity contribution is 0.00764. The SMILES string of the molecule is CC(O)C(O)CCCC(O)C(C)O. The quantitative estimate of drug-likeness (QED) is 0.463. The molecule has 0 saturated heterocycles. The molecule has 0 aromatic rings. The van der Waals surface area contributed by atoms with Crippen molar-refractivity contribution < 1.29 is 20.4 Å². The smallest absolute Gasteiger partial charge is 0.0796 e. The van der Waals surface area contributed by atoms with Crippen molar-refractivity contribution in [1.82, 2.24) is 0 Å². The van der Waals surface area contributed by atoms with E-state index in [9.17, 15) is 10.2 Å². The third-order valence-electron chi connectivity index (χ3n) is 2.11. The molecule has 0 aliphatic carbocycles. The molecule has 4 N–H and O–H groups in total. The fourth-order valence-electron chi connectivity index (χ4n) is 1.02. The van der Waals surface area contributed by atoms with Crippen LogP contribution in [0.3, 0.4) is 0 Å². The van der Waals surface area contributed by atoms with E-state index >= 15 is 0 Å². The van der Waals surface area contributed by atoms with Crippen molar-refractivity contribution in [3.8, 4) is 0 Å². The number of aliphatic hydroxyl groups excluding tert-OH is 4. The first kappa shape index (κ1) is 12.8. The predicted molar refractivity (Wildman–Crippen MR) is 49.2 cm³/mol. The molecular weight excluding hydrogens is 172 g/mol. The molecule has 0 aliphatic heterocycles. The summed E-state index contributed by atoms with van der Waals surface area (Å²) in [7, 11) is 0. The number of aliphatic hydroxyl groups is 4. The summed E-state index contributed by atoms with van der Waals surface area (Å²) >= 11 is 0. The lowest BCUT2D eigenvalue weighted by atomic mass is 10.0. The average molecular weight is 192 g/mol. The Balaban J connectivity index is 3.45. The molecule has 0 fully saturated rings. The van der Waals surface area contributed by atoms with Gasteiger partial charge >= 0.3 is 0 Å². The summed E-state index contributed by atoms with van der Waals surface area (Å²) in [5.41, 5.74) is 0. The van der Waals surface area contributed by atoms with Gasteiger partial charge in [0.05, 0.1) is 24.4 Å². The minimum atomic E-state index is -0.735. The van der Waals surface area contributed by atoms with Gasteiger partial charge in [0.15, 0.2) is 0 Å². The summed E-state index contributed by atoms with van der Waals surface area (Å²) in [5, 5.41) is 36.2. The van der Waals surface area contributed by atoms with E-state index in [0.29, 0.717) is 19.3 Å². The van der Waals surface area contributed by atoms with Crippen LogP contribution in [0.25, 0.3) is 0 Å². The van der Waals surface area contributed by atoms with Gasteiger partial charge in [0.2, 0.25) is 0 Å². The van der Waals surface area contributed by atoms with Gasteiger partial charge < -0.3 is 20.4 Å². The molecule has 0 heterocycles. The van der Waals surface area contributed by atoms with Crippen LogP contribution >= 0.6 is 0 Å². The maximum Gasteiger partial charge on any atom is 0.0796 e. The second-order valence-electron chi connectivity index (χ2n) is 3.55. The van der Waals surface area contributed by atoms with Gasteiger partial charge in [0.1, 0.15) is 0 Å². The third kappa shape index (κ3) is 5.99. The monoisotopic (exact) mass is 192 g/mol. The zero-order valence-electron chi connectivity index (χ0n) is 8.22. The molecular formula is C9H20O4. The highest BCUT2D eigenvalue weighted by Gasteiger charge is 2.14. The molecule has 0 bridgehead atoms. The minimum Gasteiger partial charge on any atom is -0.391 e. The van der Waals surface area contributed by atoms with Crippen LogP contribution in [-0.2, 0) is 0 Å². The van der Waals surface area contributed by atoms with E-state index in [1.54, 1.807) is 0 Å². The summed E-state index contributed by atoms with van der Waals surface area (Å²) in [5.74, 6) is 0. The van der Waals surface area contributed by atoms with E-state index in [4.69, 9.17) is 10.2 Å². The van der Waals surface area contributed by atoms with E-state index in [2.05, 4.69) is 0 Å². The Hall–Kier alpha value is -0.160. The van der Waals surface area contributed by atoms with Gasteiger partial charge in [-0.05, 0) is 33.1 Å². The lowest BCUT2D eigenvalue weighted by Crippen LogP contribution is -2.25. The molecule has 0 rings (SSSR count). The van der Waals surface area contributed by atoms with Crippen LogP contribution in [0, 0.1) is 0 Å². The first-order chi connectivity index (χ1) is 5.95. The Morgan fingerprint density at radius 3 is 1.31 bits per heavy atom. The standard InChI is InChI=1S/C9H20O4/c1-6(10)8(12)4-3-5-9(13)7(2)11/h6-13H,3-5H2,1-2H3. The van der Waals surface area contributed by atoms with E-state index in [-0.39, 0.29) is 0 Å². The Morgan fingerprint density at radius 1 is 0.769 bits per heavy atom. The van der Waals surface area contributed by atoms with Crippen molar-refractivity contribution in [3.05, 3.63) is 0 Å². The molecule has 0 aromatic carbocycles. The fourth-order valence-corrected chi connectivity index (χ4v) is 1.02. The van der Waals surface area contributed by atoms with E-state index in [1.165, 1.54) is 13.8 Å². The Labute approximate surface area is 78.8 Å². The van der Waals surface area contributed by atoms with Crippen molar-refractivity contribution in [1.29, 1.82) is 0 Å². The average Bonchev–Trinajstić information content (AvgIpc) is 2.03. The Morgan fingerprint density at radius 2 is 1.08 bits per heavy atom. The Bertz CT molecular complexity index is 111. The fraction of sp³-hybridized carbons (Fsp3) is 1.00. The molecule has 0 spiro atoms. The zero-order chi connectivity index (χ0) is 10.4. The number of hydrogen-bond donors (Lipinski definition) is 4. The van der Waals surface area contributed by atoms with Crippen LogP contribution in [0.5, 0.6) is 0 Å². The van der Waals surface area contributed by atoms with Gasteiger partial charge in [-0.3, -0.25) is 0 Å². The van der Waals surface area contributed by atoms with Crippen LogP contribution in [0.4, 0.5) is 0 Å². The second kappa shape index (κ2) is 6.32. The summed E-state index contributed by atoms with van der Waals surface area (Å²) < 4.78 is 0. The second-order valence-corrected chi connectivity index (χ2v) is 3.55. The van der Waals surface area contributed by atoms with Crippen molar-refractivity contribution in [2.75, 3.05) is 0 Å². The van der Waals surface area contributed by atoms with Crippen molar-refractivity contribution in [3.63, 3.8) is 0 Å². The highest BCUT2D eigenvalue weighted by Crippen LogP contribution is 2.08. The molecule has 13 heavy (non-hydrogen) atoms. The molecule has 4 unspecified atom stereocenters.